The van der Waals surface area contributed by atoms with E-state index in [-0.39, 0.29) is 10.9 Å². The van der Waals surface area contributed by atoms with E-state index in [0.29, 0.717) is 16.6 Å². The molecule has 0 atom stereocenters. The van der Waals surface area contributed by atoms with Crippen LogP contribution in [0.25, 0.3) is 11.0 Å². The van der Waals surface area contributed by atoms with Crippen molar-refractivity contribution in [3.63, 3.8) is 0 Å². The molecule has 23 heavy (non-hydrogen) atoms. The number of thiocarbonyl (C=S) groups is 1. The first kappa shape index (κ1) is 15.5. The Labute approximate surface area is 141 Å². The number of carbonyl (C=O) groups excluding carboxylic acids is 1. The molecule has 118 valence electrons. The van der Waals surface area contributed by atoms with Gasteiger partial charge in [-0.15, -0.1) is 10.2 Å². The summed E-state index contributed by atoms with van der Waals surface area (Å²) in [6.45, 7) is 1.78. The van der Waals surface area contributed by atoms with Crippen molar-refractivity contribution in [1.29, 1.82) is 0 Å². The lowest BCUT2D eigenvalue weighted by molar-refractivity contribution is 0.0952. The van der Waals surface area contributed by atoms with Crippen molar-refractivity contribution in [2.24, 2.45) is 0 Å². The van der Waals surface area contributed by atoms with Gasteiger partial charge in [-0.2, -0.15) is 0 Å². The summed E-state index contributed by atoms with van der Waals surface area (Å²) < 4.78 is 7.10. The third-order valence-corrected chi connectivity index (χ3v) is 3.89. The summed E-state index contributed by atoms with van der Waals surface area (Å²) in [6.07, 6.45) is 1.87. The molecule has 3 rings (SSSR count). The molecular weight excluding hydrogens is 334 g/mol. The van der Waals surface area contributed by atoms with Gasteiger partial charge >= 0.3 is 0 Å². The Morgan fingerprint density at radius 1 is 1.35 bits per heavy atom. The molecule has 0 spiro atoms. The molecule has 2 aromatic heterocycles. The van der Waals surface area contributed by atoms with Gasteiger partial charge in [0.1, 0.15) is 11.4 Å². The number of benzene rings is 1. The standard InChI is InChI=1S/C14H13N5O2S2/c1-8-16-17-14(23-2)19(8)18-13(22)15-12(20)11-7-9-5-3-4-6-10(9)21-11/h3-7H,1-2H3,(H2,15,18,20,22). The number of aromatic nitrogens is 3. The Kier molecular flexibility index (Phi) is 4.30. The van der Waals surface area contributed by atoms with Crippen LogP contribution in [0.1, 0.15) is 16.4 Å². The molecule has 0 unspecified atom stereocenters. The van der Waals surface area contributed by atoms with E-state index in [4.69, 9.17) is 16.6 Å². The quantitative estimate of drug-likeness (QED) is 0.555. The molecule has 9 heteroatoms. The van der Waals surface area contributed by atoms with E-state index in [2.05, 4.69) is 20.9 Å². The topological polar surface area (TPSA) is 85.0 Å². The molecule has 0 aliphatic carbocycles. The van der Waals surface area contributed by atoms with E-state index >= 15 is 0 Å². The molecule has 0 fully saturated rings. The zero-order valence-corrected chi connectivity index (χ0v) is 14.0. The molecule has 1 amide bonds. The first-order chi connectivity index (χ1) is 11.1. The molecule has 0 saturated carbocycles. The number of carbonyl (C=O) groups is 1. The lowest BCUT2D eigenvalue weighted by atomic mass is 10.2. The van der Waals surface area contributed by atoms with Crippen molar-refractivity contribution in [3.05, 3.63) is 41.9 Å². The molecular formula is C14H13N5O2S2. The molecule has 2 N–H and O–H groups in total. The molecule has 0 radical (unpaired) electrons. The molecule has 3 aromatic rings. The van der Waals surface area contributed by atoms with E-state index in [1.54, 1.807) is 23.7 Å². The molecule has 0 aliphatic rings. The summed E-state index contributed by atoms with van der Waals surface area (Å²) in [5.74, 6) is 0.408. The fourth-order valence-corrected chi connectivity index (χ4v) is 2.66. The summed E-state index contributed by atoms with van der Waals surface area (Å²) in [5.41, 5.74) is 3.52. The van der Waals surface area contributed by atoms with Crippen LogP contribution in [0, 0.1) is 6.92 Å². The number of rotatable bonds is 3. The fourth-order valence-electron chi connectivity index (χ4n) is 1.99. The highest BCUT2D eigenvalue weighted by atomic mass is 32.2. The lowest BCUT2D eigenvalue weighted by Gasteiger charge is -2.11. The maximum Gasteiger partial charge on any atom is 0.293 e. The number of amides is 1. The van der Waals surface area contributed by atoms with E-state index in [1.807, 2.05) is 24.5 Å². The number of nitrogens with one attached hydrogen (secondary N) is 2. The van der Waals surface area contributed by atoms with Crippen LogP contribution in [0.2, 0.25) is 0 Å². The summed E-state index contributed by atoms with van der Waals surface area (Å²) in [7, 11) is 0. The second-order valence-corrected chi connectivity index (χ2v) is 5.79. The monoisotopic (exact) mass is 347 g/mol. The minimum absolute atomic E-state index is 0.133. The van der Waals surface area contributed by atoms with Crippen molar-refractivity contribution < 1.29 is 9.21 Å². The SMILES string of the molecule is CSc1nnc(C)n1NC(=S)NC(=O)c1cc2ccccc2o1. The highest BCUT2D eigenvalue weighted by molar-refractivity contribution is 7.98. The van der Waals surface area contributed by atoms with Crippen molar-refractivity contribution >= 4 is 46.0 Å². The van der Waals surface area contributed by atoms with E-state index in [9.17, 15) is 4.79 Å². The zero-order chi connectivity index (χ0) is 16.4. The Bertz CT molecular complexity index is 853. The zero-order valence-electron chi connectivity index (χ0n) is 12.4. The number of para-hydroxylation sites is 1. The maximum atomic E-state index is 12.2. The van der Waals surface area contributed by atoms with Crippen LogP contribution in [0.3, 0.4) is 0 Å². The maximum absolute atomic E-state index is 12.2. The average molecular weight is 347 g/mol. The fraction of sp³-hybridized carbons (Fsp3) is 0.143. The number of hydrogen-bond donors (Lipinski definition) is 2. The van der Waals surface area contributed by atoms with Gasteiger partial charge in [0.2, 0.25) is 5.16 Å². The molecule has 7 nitrogen and oxygen atoms in total. The Balaban J connectivity index is 1.72. The van der Waals surface area contributed by atoms with E-state index < -0.39 is 5.91 Å². The largest absolute Gasteiger partial charge is 0.451 e. The molecule has 0 bridgehead atoms. The van der Waals surface area contributed by atoms with Crippen molar-refractivity contribution in [2.75, 3.05) is 11.7 Å². The van der Waals surface area contributed by atoms with E-state index in [1.165, 1.54) is 11.8 Å². The summed E-state index contributed by atoms with van der Waals surface area (Å²) >= 11 is 6.57. The average Bonchev–Trinajstić information content (AvgIpc) is 3.11. The van der Waals surface area contributed by atoms with Crippen molar-refractivity contribution in [3.8, 4) is 0 Å². The van der Waals surface area contributed by atoms with Crippen LogP contribution in [0.4, 0.5) is 0 Å². The Morgan fingerprint density at radius 2 is 2.13 bits per heavy atom. The van der Waals surface area contributed by atoms with Crippen molar-refractivity contribution in [2.45, 2.75) is 12.1 Å². The summed E-state index contributed by atoms with van der Waals surface area (Å²) in [4.78, 5) is 12.2. The number of aryl methyl sites for hydroxylation is 1. The molecule has 2 heterocycles. The van der Waals surface area contributed by atoms with Crippen LogP contribution >= 0.6 is 24.0 Å². The second-order valence-electron chi connectivity index (χ2n) is 4.61. The van der Waals surface area contributed by atoms with Crippen molar-refractivity contribution in [1.82, 2.24) is 20.2 Å². The van der Waals surface area contributed by atoms with Gasteiger partial charge in [0.05, 0.1) is 0 Å². The van der Waals surface area contributed by atoms with Crippen LogP contribution in [-0.4, -0.2) is 32.1 Å². The highest BCUT2D eigenvalue weighted by Crippen LogP contribution is 2.18. The van der Waals surface area contributed by atoms with Gasteiger partial charge in [-0.3, -0.25) is 15.5 Å². The highest BCUT2D eigenvalue weighted by Gasteiger charge is 2.15. The van der Waals surface area contributed by atoms with Crippen LogP contribution in [0.15, 0.2) is 39.9 Å². The number of thioether (sulfide) groups is 1. The molecule has 0 aliphatic heterocycles. The molecule has 1 aromatic carbocycles. The normalized spacial score (nSPS) is 10.7. The summed E-state index contributed by atoms with van der Waals surface area (Å²) in [5, 5.41) is 12.1. The van der Waals surface area contributed by atoms with Gasteiger partial charge in [-0.25, -0.2) is 4.68 Å². The van der Waals surface area contributed by atoms with Gasteiger partial charge in [0.15, 0.2) is 10.9 Å². The Hall–Kier alpha value is -2.39. The second kappa shape index (κ2) is 6.39. The Morgan fingerprint density at radius 3 is 2.87 bits per heavy atom. The van der Waals surface area contributed by atoms with Gasteiger partial charge in [0.25, 0.3) is 5.91 Å². The van der Waals surface area contributed by atoms with Gasteiger partial charge in [-0.05, 0) is 37.5 Å². The number of fused-ring (bicyclic) bond motifs is 1. The minimum Gasteiger partial charge on any atom is -0.451 e. The summed E-state index contributed by atoms with van der Waals surface area (Å²) in [6, 6.07) is 9.07. The van der Waals surface area contributed by atoms with Crippen LogP contribution in [-0.2, 0) is 0 Å². The molecule has 0 saturated heterocycles. The van der Waals surface area contributed by atoms with Gasteiger partial charge < -0.3 is 4.42 Å². The van der Waals surface area contributed by atoms with Crippen LogP contribution < -0.4 is 10.7 Å². The first-order valence-electron chi connectivity index (χ1n) is 6.65. The van der Waals surface area contributed by atoms with Gasteiger partial charge in [0, 0.05) is 5.39 Å². The predicted octanol–water partition coefficient (Wildman–Crippen LogP) is 2.31. The minimum atomic E-state index is -0.421. The number of nitrogens with zero attached hydrogens (tertiary/aromatic N) is 3. The lowest BCUT2D eigenvalue weighted by Crippen LogP contribution is -2.38. The van der Waals surface area contributed by atoms with Gasteiger partial charge in [-0.1, -0.05) is 30.0 Å². The first-order valence-corrected chi connectivity index (χ1v) is 8.28. The number of furan rings is 1. The third-order valence-electron chi connectivity index (χ3n) is 3.07. The smallest absolute Gasteiger partial charge is 0.293 e. The van der Waals surface area contributed by atoms with Crippen LogP contribution in [0.5, 0.6) is 0 Å². The predicted molar refractivity (Wildman–Crippen MR) is 92.2 cm³/mol. The third kappa shape index (κ3) is 3.20. The van der Waals surface area contributed by atoms with E-state index in [0.717, 1.165) is 5.39 Å². The number of hydrogen-bond acceptors (Lipinski definition) is 6.